The van der Waals surface area contributed by atoms with Crippen LogP contribution in [0.25, 0.3) is 0 Å². The summed E-state index contributed by atoms with van der Waals surface area (Å²) < 4.78 is 11.5. The number of nitrogens with one attached hydrogen (secondary N) is 1. The van der Waals surface area contributed by atoms with E-state index in [2.05, 4.69) is 17.1 Å². The molecule has 4 nitrogen and oxygen atoms in total. The van der Waals surface area contributed by atoms with Crippen molar-refractivity contribution in [3.8, 4) is 0 Å². The topological polar surface area (TPSA) is 33.7 Å². The van der Waals surface area contributed by atoms with Crippen LogP contribution in [0, 0.1) is 5.41 Å². The first kappa shape index (κ1) is 13.8. The van der Waals surface area contributed by atoms with Crippen LogP contribution in [0.5, 0.6) is 0 Å². The zero-order valence-corrected chi connectivity index (χ0v) is 12.2. The van der Waals surface area contributed by atoms with Crippen LogP contribution in [0.4, 0.5) is 0 Å². The Kier molecular flexibility index (Phi) is 4.42. The van der Waals surface area contributed by atoms with Gasteiger partial charge >= 0.3 is 0 Å². The number of hydrogen-bond donors (Lipinski definition) is 1. The Morgan fingerprint density at radius 1 is 1.26 bits per heavy atom. The smallest absolute Gasteiger partial charge is 0.0834 e. The van der Waals surface area contributed by atoms with Crippen LogP contribution in [0.1, 0.15) is 32.6 Å². The van der Waals surface area contributed by atoms with Crippen molar-refractivity contribution >= 4 is 0 Å². The number of ether oxygens (including phenoxy) is 2. The van der Waals surface area contributed by atoms with Crippen molar-refractivity contribution in [2.75, 3.05) is 45.9 Å². The van der Waals surface area contributed by atoms with Crippen LogP contribution in [0.15, 0.2) is 0 Å². The van der Waals surface area contributed by atoms with E-state index in [1.54, 1.807) is 0 Å². The highest BCUT2D eigenvalue weighted by Gasteiger charge is 2.32. The van der Waals surface area contributed by atoms with E-state index < -0.39 is 0 Å². The van der Waals surface area contributed by atoms with Gasteiger partial charge < -0.3 is 19.7 Å². The predicted molar refractivity (Wildman–Crippen MR) is 75.4 cm³/mol. The molecule has 0 bridgehead atoms. The minimum Gasteiger partial charge on any atom is -0.379 e. The van der Waals surface area contributed by atoms with Gasteiger partial charge in [0.05, 0.1) is 18.8 Å². The van der Waals surface area contributed by atoms with E-state index in [1.165, 1.54) is 52.0 Å². The fourth-order valence-corrected chi connectivity index (χ4v) is 3.64. The lowest BCUT2D eigenvalue weighted by atomic mass is 9.88. The van der Waals surface area contributed by atoms with Crippen molar-refractivity contribution in [2.24, 2.45) is 5.41 Å². The molecule has 0 saturated carbocycles. The normalized spacial score (nSPS) is 38.1. The summed E-state index contributed by atoms with van der Waals surface area (Å²) in [6, 6.07) is 0. The summed E-state index contributed by atoms with van der Waals surface area (Å²) in [4.78, 5) is 2.64. The van der Waals surface area contributed by atoms with Crippen LogP contribution < -0.4 is 5.32 Å². The van der Waals surface area contributed by atoms with Crippen molar-refractivity contribution in [2.45, 2.75) is 44.8 Å². The first-order chi connectivity index (χ1) is 9.23. The Morgan fingerprint density at radius 2 is 2.11 bits per heavy atom. The number of nitrogens with zero attached hydrogens (tertiary/aromatic N) is 1. The largest absolute Gasteiger partial charge is 0.379 e. The Labute approximate surface area is 116 Å². The first-order valence-electron chi connectivity index (χ1n) is 7.90. The van der Waals surface area contributed by atoms with E-state index in [0.717, 1.165) is 19.6 Å². The summed E-state index contributed by atoms with van der Waals surface area (Å²) in [5.74, 6) is 0. The second-order valence-corrected chi connectivity index (χ2v) is 6.83. The molecular weight excluding hydrogens is 240 g/mol. The molecule has 3 heterocycles. The minimum absolute atomic E-state index is 0.369. The fraction of sp³-hybridized carbons (Fsp3) is 1.00. The maximum absolute atomic E-state index is 6.13. The molecule has 1 N–H and O–H groups in total. The summed E-state index contributed by atoms with van der Waals surface area (Å²) in [7, 11) is 0. The number of piperidine rings is 1. The van der Waals surface area contributed by atoms with Crippen LogP contribution >= 0.6 is 0 Å². The molecule has 19 heavy (non-hydrogen) atoms. The Morgan fingerprint density at radius 3 is 2.74 bits per heavy atom. The molecule has 4 heteroatoms. The fourth-order valence-electron chi connectivity index (χ4n) is 3.64. The van der Waals surface area contributed by atoms with Gasteiger partial charge in [-0.05, 0) is 37.6 Å². The van der Waals surface area contributed by atoms with E-state index in [1.807, 2.05) is 0 Å². The molecule has 3 rings (SSSR count). The zero-order valence-electron chi connectivity index (χ0n) is 12.2. The number of hydrogen-bond acceptors (Lipinski definition) is 4. The van der Waals surface area contributed by atoms with Gasteiger partial charge in [0.1, 0.15) is 0 Å². The Hall–Kier alpha value is -0.160. The van der Waals surface area contributed by atoms with Gasteiger partial charge in [-0.15, -0.1) is 0 Å². The minimum atomic E-state index is 0.369. The van der Waals surface area contributed by atoms with Crippen molar-refractivity contribution in [3.05, 3.63) is 0 Å². The van der Waals surface area contributed by atoms with E-state index in [0.29, 0.717) is 17.6 Å². The van der Waals surface area contributed by atoms with Crippen LogP contribution in [0.3, 0.4) is 0 Å². The lowest BCUT2D eigenvalue weighted by molar-refractivity contribution is -0.0471. The molecule has 0 spiro atoms. The van der Waals surface area contributed by atoms with Crippen LogP contribution in [0.2, 0.25) is 0 Å². The summed E-state index contributed by atoms with van der Waals surface area (Å²) in [5.41, 5.74) is 0.493. The second-order valence-electron chi connectivity index (χ2n) is 6.83. The lowest BCUT2D eigenvalue weighted by Crippen LogP contribution is -2.44. The zero-order chi connectivity index (χ0) is 13.1. The van der Waals surface area contributed by atoms with E-state index in [9.17, 15) is 0 Å². The predicted octanol–water partition coefficient (Wildman–Crippen LogP) is 1.26. The summed E-state index contributed by atoms with van der Waals surface area (Å²) in [6.07, 6.45) is 5.64. The average Bonchev–Trinajstić information content (AvgIpc) is 3.04. The van der Waals surface area contributed by atoms with Gasteiger partial charge in [0.25, 0.3) is 0 Å². The number of likely N-dealkylation sites (tertiary alicyclic amines) is 1. The summed E-state index contributed by atoms with van der Waals surface area (Å²) >= 11 is 0. The highest BCUT2D eigenvalue weighted by atomic mass is 16.5. The maximum Gasteiger partial charge on any atom is 0.0834 e. The van der Waals surface area contributed by atoms with Crippen molar-refractivity contribution in [3.63, 3.8) is 0 Å². The van der Waals surface area contributed by atoms with Crippen LogP contribution in [-0.4, -0.2) is 63.0 Å². The van der Waals surface area contributed by atoms with Crippen molar-refractivity contribution in [1.82, 2.24) is 10.2 Å². The third-order valence-corrected chi connectivity index (χ3v) is 4.87. The molecule has 3 aliphatic rings. The second kappa shape index (κ2) is 6.08. The first-order valence-corrected chi connectivity index (χ1v) is 7.90. The third-order valence-electron chi connectivity index (χ3n) is 4.87. The van der Waals surface area contributed by atoms with Gasteiger partial charge in [-0.3, -0.25) is 0 Å². The third kappa shape index (κ3) is 3.69. The van der Waals surface area contributed by atoms with Crippen molar-refractivity contribution < 1.29 is 9.47 Å². The molecule has 2 atom stereocenters. The summed E-state index contributed by atoms with van der Waals surface area (Å²) in [5, 5.41) is 3.49. The Bertz CT molecular complexity index is 278. The van der Waals surface area contributed by atoms with E-state index in [4.69, 9.17) is 9.47 Å². The molecule has 0 amide bonds. The summed E-state index contributed by atoms with van der Waals surface area (Å²) in [6.45, 7) is 10.1. The monoisotopic (exact) mass is 268 g/mol. The van der Waals surface area contributed by atoms with Gasteiger partial charge in [-0.25, -0.2) is 0 Å². The number of rotatable bonds is 4. The molecule has 0 aromatic heterocycles. The quantitative estimate of drug-likeness (QED) is 0.832. The standard InChI is InChI=1S/C15H28N2O2/c1-15(5-6-16-11-15)12-17-7-2-13(3-8-17)19-14-4-9-18-10-14/h13-14,16H,2-12H2,1H3. The molecule has 110 valence electrons. The van der Waals surface area contributed by atoms with Gasteiger partial charge in [-0.1, -0.05) is 6.92 Å². The SMILES string of the molecule is CC1(CN2CCC(OC3CCOC3)CC2)CCNC1. The highest BCUT2D eigenvalue weighted by molar-refractivity contribution is 4.88. The van der Waals surface area contributed by atoms with Crippen LogP contribution in [-0.2, 0) is 9.47 Å². The van der Waals surface area contributed by atoms with Crippen molar-refractivity contribution in [1.29, 1.82) is 0 Å². The van der Waals surface area contributed by atoms with Gasteiger partial charge in [0.15, 0.2) is 0 Å². The molecule has 0 aromatic rings. The molecular formula is C15H28N2O2. The molecule has 3 saturated heterocycles. The molecule has 0 aromatic carbocycles. The van der Waals surface area contributed by atoms with Gasteiger partial charge in [0, 0.05) is 32.8 Å². The highest BCUT2D eigenvalue weighted by Crippen LogP contribution is 2.28. The molecule has 0 aliphatic carbocycles. The maximum atomic E-state index is 6.13. The molecule has 3 aliphatic heterocycles. The molecule has 3 fully saturated rings. The lowest BCUT2D eigenvalue weighted by Gasteiger charge is -2.37. The van der Waals surface area contributed by atoms with Gasteiger partial charge in [0.2, 0.25) is 0 Å². The average molecular weight is 268 g/mol. The van der Waals surface area contributed by atoms with E-state index in [-0.39, 0.29) is 0 Å². The Balaban J connectivity index is 1.39. The van der Waals surface area contributed by atoms with E-state index >= 15 is 0 Å². The van der Waals surface area contributed by atoms with Gasteiger partial charge in [-0.2, -0.15) is 0 Å². The molecule has 2 unspecified atom stereocenters. The molecule has 0 radical (unpaired) electrons.